The molecule has 3 aromatic carbocycles. The van der Waals surface area contributed by atoms with Crippen molar-refractivity contribution in [2.24, 2.45) is 4.99 Å². The molecule has 1 aliphatic heterocycles. The van der Waals surface area contributed by atoms with Gasteiger partial charge in [-0.05, 0) is 23.8 Å². The number of aliphatic imine (C=N–C) groups is 1. The molecule has 0 aliphatic carbocycles. The molecule has 0 fully saturated rings. The zero-order valence-electron chi connectivity index (χ0n) is 16.2. The van der Waals surface area contributed by atoms with E-state index in [1.54, 1.807) is 18.2 Å². The number of amidine groups is 1. The van der Waals surface area contributed by atoms with Crippen molar-refractivity contribution in [2.75, 3.05) is 12.0 Å². The van der Waals surface area contributed by atoms with Crippen molar-refractivity contribution in [1.29, 1.82) is 0 Å². The van der Waals surface area contributed by atoms with Crippen LogP contribution in [0.1, 0.15) is 11.1 Å². The lowest BCUT2D eigenvalue weighted by molar-refractivity contribution is -0.122. The number of carbonyl (C=O) groups is 2. The molecule has 2 N–H and O–H groups in total. The van der Waals surface area contributed by atoms with Crippen LogP contribution >= 0.6 is 0 Å². The number of nitrogens with zero attached hydrogens (tertiary/aromatic N) is 2. The lowest BCUT2D eigenvalue weighted by Gasteiger charge is -2.19. The molecule has 0 saturated carbocycles. The summed E-state index contributed by atoms with van der Waals surface area (Å²) in [4.78, 5) is 31.3. The number of para-hydroxylation sites is 1. The van der Waals surface area contributed by atoms with Gasteiger partial charge in [0.25, 0.3) is 5.91 Å². The van der Waals surface area contributed by atoms with Crippen LogP contribution in [0.3, 0.4) is 0 Å². The topological polar surface area (TPSA) is 73.8 Å². The third-order valence-electron chi connectivity index (χ3n) is 4.51. The standard InChI is InChI=1S/C24H20N4O2/c29-23-21(16-18-10-4-1-5-11-18)27-22(19-12-6-2-7-13-19)28(23)17-25-24(30)26-20-14-8-3-9-15-20/h1-16H,17H2,(H2,25,26,30)/b21-16-. The zero-order chi connectivity index (χ0) is 20.8. The van der Waals surface area contributed by atoms with E-state index in [0.29, 0.717) is 17.2 Å². The van der Waals surface area contributed by atoms with Crippen LogP contribution in [0.5, 0.6) is 0 Å². The molecule has 4 rings (SSSR count). The van der Waals surface area contributed by atoms with Gasteiger partial charge in [-0.2, -0.15) is 0 Å². The van der Waals surface area contributed by atoms with Crippen LogP contribution in [-0.4, -0.2) is 29.3 Å². The van der Waals surface area contributed by atoms with Gasteiger partial charge in [-0.1, -0.05) is 78.9 Å². The quantitative estimate of drug-likeness (QED) is 0.638. The van der Waals surface area contributed by atoms with E-state index in [-0.39, 0.29) is 12.6 Å². The van der Waals surface area contributed by atoms with Crippen molar-refractivity contribution in [1.82, 2.24) is 10.2 Å². The first-order valence-electron chi connectivity index (χ1n) is 9.53. The second kappa shape index (κ2) is 8.87. The Bertz CT molecular complexity index is 1090. The molecule has 6 heteroatoms. The minimum absolute atomic E-state index is 0.00262. The van der Waals surface area contributed by atoms with Crippen molar-refractivity contribution in [3.05, 3.63) is 108 Å². The number of urea groups is 1. The summed E-state index contributed by atoms with van der Waals surface area (Å²) in [5.41, 5.74) is 2.68. The highest BCUT2D eigenvalue weighted by Gasteiger charge is 2.31. The average molecular weight is 396 g/mol. The summed E-state index contributed by atoms with van der Waals surface area (Å²) in [5, 5.41) is 5.48. The maximum atomic E-state index is 13.0. The number of benzene rings is 3. The van der Waals surface area contributed by atoms with E-state index in [0.717, 1.165) is 11.1 Å². The minimum Gasteiger partial charge on any atom is -0.320 e. The highest BCUT2D eigenvalue weighted by atomic mass is 16.2. The minimum atomic E-state index is -0.401. The Morgan fingerprint density at radius 2 is 1.47 bits per heavy atom. The molecule has 30 heavy (non-hydrogen) atoms. The summed E-state index contributed by atoms with van der Waals surface area (Å²) < 4.78 is 0. The summed E-state index contributed by atoms with van der Waals surface area (Å²) in [7, 11) is 0. The normalized spacial score (nSPS) is 14.5. The summed E-state index contributed by atoms with van der Waals surface area (Å²) in [6, 6.07) is 27.7. The van der Waals surface area contributed by atoms with Gasteiger partial charge in [0, 0.05) is 11.3 Å². The maximum Gasteiger partial charge on any atom is 0.320 e. The van der Waals surface area contributed by atoms with Gasteiger partial charge in [0.05, 0.1) is 0 Å². The zero-order valence-corrected chi connectivity index (χ0v) is 16.2. The molecule has 1 aliphatic rings. The first kappa shape index (κ1) is 19.1. The van der Waals surface area contributed by atoms with Crippen LogP contribution in [0, 0.1) is 0 Å². The Morgan fingerprint density at radius 3 is 2.13 bits per heavy atom. The average Bonchev–Trinajstić information content (AvgIpc) is 3.09. The Morgan fingerprint density at radius 1 is 0.867 bits per heavy atom. The summed E-state index contributed by atoms with van der Waals surface area (Å²) in [6.45, 7) is -0.00262. The van der Waals surface area contributed by atoms with Gasteiger partial charge in [0.15, 0.2) is 0 Å². The van der Waals surface area contributed by atoms with Crippen molar-refractivity contribution < 1.29 is 9.59 Å². The SMILES string of the molecule is O=C(NCN1C(=O)/C(=C/c2ccccc2)N=C1c1ccccc1)Nc1ccccc1. The highest BCUT2D eigenvalue weighted by Crippen LogP contribution is 2.21. The fourth-order valence-electron chi connectivity index (χ4n) is 3.06. The van der Waals surface area contributed by atoms with Crippen molar-refractivity contribution in [3.8, 4) is 0 Å². The number of hydrogen-bond acceptors (Lipinski definition) is 3. The largest absolute Gasteiger partial charge is 0.320 e. The molecule has 6 nitrogen and oxygen atoms in total. The number of amides is 3. The van der Waals surface area contributed by atoms with Crippen LogP contribution in [0.15, 0.2) is 102 Å². The lowest BCUT2D eigenvalue weighted by atomic mass is 10.2. The summed E-state index contributed by atoms with van der Waals surface area (Å²) in [6.07, 6.45) is 1.75. The van der Waals surface area contributed by atoms with E-state index in [2.05, 4.69) is 15.6 Å². The van der Waals surface area contributed by atoms with Gasteiger partial charge in [0.2, 0.25) is 0 Å². The Labute approximate surface area is 174 Å². The van der Waals surface area contributed by atoms with Crippen molar-refractivity contribution in [3.63, 3.8) is 0 Å². The first-order valence-corrected chi connectivity index (χ1v) is 9.53. The molecule has 0 atom stereocenters. The summed E-state index contributed by atoms with van der Waals surface area (Å²) in [5.74, 6) is 0.237. The fraction of sp³-hybridized carbons (Fsp3) is 0.0417. The van der Waals surface area contributed by atoms with E-state index in [1.165, 1.54) is 4.90 Å². The molecule has 0 spiro atoms. The van der Waals surface area contributed by atoms with Crippen LogP contribution in [0.25, 0.3) is 6.08 Å². The van der Waals surface area contributed by atoms with E-state index in [9.17, 15) is 9.59 Å². The Hall–Kier alpha value is -4.19. The molecule has 1 heterocycles. The number of rotatable bonds is 5. The number of hydrogen-bond donors (Lipinski definition) is 2. The van der Waals surface area contributed by atoms with Gasteiger partial charge in [-0.25, -0.2) is 9.79 Å². The van der Waals surface area contributed by atoms with Crippen molar-refractivity contribution in [2.45, 2.75) is 0 Å². The lowest BCUT2D eigenvalue weighted by Crippen LogP contribution is -2.43. The second-order valence-corrected chi connectivity index (χ2v) is 6.63. The van der Waals surface area contributed by atoms with Crippen LogP contribution in [-0.2, 0) is 4.79 Å². The van der Waals surface area contributed by atoms with Gasteiger partial charge in [-0.3, -0.25) is 9.69 Å². The van der Waals surface area contributed by atoms with Gasteiger partial charge in [0.1, 0.15) is 18.2 Å². The smallest absolute Gasteiger partial charge is 0.320 e. The predicted octanol–water partition coefficient (Wildman–Crippen LogP) is 4.10. The molecule has 0 saturated heterocycles. The third kappa shape index (κ3) is 4.44. The molecular formula is C24H20N4O2. The van der Waals surface area contributed by atoms with Gasteiger partial charge in [-0.15, -0.1) is 0 Å². The highest BCUT2D eigenvalue weighted by molar-refractivity contribution is 6.19. The number of nitrogens with one attached hydrogen (secondary N) is 2. The Balaban J connectivity index is 1.54. The van der Waals surface area contributed by atoms with Gasteiger partial charge < -0.3 is 10.6 Å². The molecule has 0 unspecified atom stereocenters. The fourth-order valence-corrected chi connectivity index (χ4v) is 3.06. The van der Waals surface area contributed by atoms with Crippen LogP contribution in [0.2, 0.25) is 0 Å². The predicted molar refractivity (Wildman–Crippen MR) is 118 cm³/mol. The summed E-state index contributed by atoms with van der Waals surface area (Å²) >= 11 is 0. The first-order chi connectivity index (χ1) is 14.7. The Kier molecular flexibility index (Phi) is 5.66. The molecule has 0 bridgehead atoms. The van der Waals surface area contributed by atoms with E-state index < -0.39 is 6.03 Å². The monoisotopic (exact) mass is 396 g/mol. The molecule has 3 aromatic rings. The van der Waals surface area contributed by atoms with E-state index >= 15 is 0 Å². The van der Waals surface area contributed by atoms with Gasteiger partial charge >= 0.3 is 6.03 Å². The molecular weight excluding hydrogens is 376 g/mol. The second-order valence-electron chi connectivity index (χ2n) is 6.63. The van der Waals surface area contributed by atoms with E-state index in [1.807, 2.05) is 78.9 Å². The van der Waals surface area contributed by atoms with Crippen LogP contribution in [0.4, 0.5) is 10.5 Å². The van der Waals surface area contributed by atoms with Crippen LogP contribution < -0.4 is 10.6 Å². The molecule has 3 amide bonds. The molecule has 148 valence electrons. The number of anilines is 1. The molecule has 0 aromatic heterocycles. The van der Waals surface area contributed by atoms with E-state index in [4.69, 9.17) is 0 Å². The molecule has 0 radical (unpaired) electrons. The third-order valence-corrected chi connectivity index (χ3v) is 4.51. The maximum absolute atomic E-state index is 13.0. The van der Waals surface area contributed by atoms with Crippen molar-refractivity contribution >= 4 is 29.5 Å². The number of carbonyl (C=O) groups excluding carboxylic acids is 2.